The smallest absolute Gasteiger partial charge is 0.159 e. The van der Waals surface area contributed by atoms with E-state index in [1.165, 1.54) is 11.1 Å². The number of hydrogen-bond donors (Lipinski definition) is 0. The van der Waals surface area contributed by atoms with Gasteiger partial charge in [0.25, 0.3) is 0 Å². The van der Waals surface area contributed by atoms with Crippen molar-refractivity contribution in [3.8, 4) is 11.1 Å². The zero-order valence-electron chi connectivity index (χ0n) is 28.2. The molecule has 2 aromatic heterocycles. The highest BCUT2D eigenvalue weighted by Crippen LogP contribution is 2.44. The van der Waals surface area contributed by atoms with E-state index < -0.39 is 0 Å². The average Bonchev–Trinajstić information content (AvgIpc) is 3.78. The molecule has 0 aliphatic rings. The first kappa shape index (κ1) is 29.8. The Morgan fingerprint density at radius 3 is 1.60 bits per heavy atom. The average molecular weight is 669 g/mol. The van der Waals surface area contributed by atoms with Gasteiger partial charge in [-0.25, -0.2) is 0 Å². The van der Waals surface area contributed by atoms with Gasteiger partial charge in [0.2, 0.25) is 0 Å². The summed E-state index contributed by atoms with van der Waals surface area (Å²) in [4.78, 5) is 4.55. The summed E-state index contributed by atoms with van der Waals surface area (Å²) >= 11 is 0. The second-order valence-electron chi connectivity index (χ2n) is 13.0. The molecule has 0 saturated heterocycles. The molecule has 0 radical (unpaired) electrons. The van der Waals surface area contributed by atoms with Gasteiger partial charge in [-0.1, -0.05) is 109 Å². The summed E-state index contributed by atoms with van der Waals surface area (Å²) in [6, 6.07) is 67.7. The summed E-state index contributed by atoms with van der Waals surface area (Å²) in [6.45, 7) is 0. The van der Waals surface area contributed by atoms with Crippen molar-refractivity contribution in [3.63, 3.8) is 0 Å². The highest BCUT2D eigenvalue weighted by atomic mass is 16.3. The van der Waals surface area contributed by atoms with Crippen LogP contribution in [0.1, 0.15) is 0 Å². The van der Waals surface area contributed by atoms with Crippen molar-refractivity contribution in [3.05, 3.63) is 194 Å². The van der Waals surface area contributed by atoms with Gasteiger partial charge in [-0.15, -0.1) is 0 Å². The molecule has 0 bridgehead atoms. The van der Waals surface area contributed by atoms with Crippen LogP contribution >= 0.6 is 0 Å². The Hall–Kier alpha value is -7.04. The van der Waals surface area contributed by atoms with Crippen molar-refractivity contribution in [1.82, 2.24) is 0 Å². The van der Waals surface area contributed by atoms with E-state index in [1.54, 1.807) is 0 Å². The number of rotatable bonds is 7. The fraction of sp³-hybridized carbons (Fsp3) is 0. The summed E-state index contributed by atoms with van der Waals surface area (Å²) in [6.07, 6.45) is 0. The lowest BCUT2D eigenvalue weighted by Crippen LogP contribution is -2.10. The molecule has 0 fully saturated rings. The third-order valence-electron chi connectivity index (χ3n) is 9.84. The van der Waals surface area contributed by atoms with E-state index >= 15 is 0 Å². The predicted molar refractivity (Wildman–Crippen MR) is 216 cm³/mol. The molecule has 0 N–H and O–H groups in total. The molecule has 10 rings (SSSR count). The summed E-state index contributed by atoms with van der Waals surface area (Å²) in [5, 5.41) is 4.31. The first-order valence-corrected chi connectivity index (χ1v) is 17.5. The van der Waals surface area contributed by atoms with Gasteiger partial charge in [0.05, 0.1) is 11.4 Å². The second-order valence-corrected chi connectivity index (χ2v) is 13.0. The molecule has 0 amide bonds. The van der Waals surface area contributed by atoms with Gasteiger partial charge in [0.1, 0.15) is 16.7 Å². The topological polar surface area (TPSA) is 32.8 Å². The van der Waals surface area contributed by atoms with Crippen molar-refractivity contribution in [2.45, 2.75) is 0 Å². The Labute approximate surface area is 301 Å². The molecule has 8 aromatic carbocycles. The number of para-hydroxylation sites is 4. The highest BCUT2D eigenvalue weighted by molar-refractivity contribution is 6.11. The van der Waals surface area contributed by atoms with Crippen LogP contribution in [-0.2, 0) is 0 Å². The Kier molecular flexibility index (Phi) is 7.10. The first-order valence-electron chi connectivity index (χ1n) is 17.5. The Morgan fingerprint density at radius 1 is 0.288 bits per heavy atom. The monoisotopic (exact) mass is 668 g/mol. The van der Waals surface area contributed by atoms with Crippen LogP contribution in [0, 0.1) is 0 Å². The van der Waals surface area contributed by atoms with E-state index in [-0.39, 0.29) is 0 Å². The predicted octanol–water partition coefficient (Wildman–Crippen LogP) is 14.1. The van der Waals surface area contributed by atoms with Gasteiger partial charge in [0.15, 0.2) is 5.58 Å². The fourth-order valence-electron chi connectivity index (χ4n) is 7.40. The van der Waals surface area contributed by atoms with Crippen molar-refractivity contribution < 1.29 is 8.83 Å². The molecule has 52 heavy (non-hydrogen) atoms. The molecule has 4 heteroatoms. The zero-order valence-corrected chi connectivity index (χ0v) is 28.2. The van der Waals surface area contributed by atoms with Crippen LogP contribution in [0.25, 0.3) is 55.0 Å². The van der Waals surface area contributed by atoms with Crippen LogP contribution in [0.2, 0.25) is 0 Å². The molecule has 10 aromatic rings. The highest BCUT2D eigenvalue weighted by Gasteiger charge is 2.21. The molecular weight excluding hydrogens is 637 g/mol. The largest absolute Gasteiger partial charge is 0.456 e. The SMILES string of the molecule is c1ccc(-c2ccc(N(c3ccccc3)c3ccc4oc5cc(N(c6ccccc6)c6cccc7c6oc6ccccc67)ccc5c4c3)cc2)cc1. The van der Waals surface area contributed by atoms with Crippen molar-refractivity contribution >= 4 is 78.0 Å². The maximum Gasteiger partial charge on any atom is 0.159 e. The lowest BCUT2D eigenvalue weighted by Gasteiger charge is -2.26. The number of hydrogen-bond acceptors (Lipinski definition) is 4. The van der Waals surface area contributed by atoms with Crippen LogP contribution in [0.15, 0.2) is 203 Å². The molecular formula is C48H32N2O2. The zero-order chi connectivity index (χ0) is 34.4. The number of benzene rings is 8. The van der Waals surface area contributed by atoms with E-state index in [0.717, 1.165) is 78.0 Å². The summed E-state index contributed by atoms with van der Waals surface area (Å²) in [5.74, 6) is 0. The van der Waals surface area contributed by atoms with Gasteiger partial charge in [0, 0.05) is 50.4 Å². The van der Waals surface area contributed by atoms with Crippen LogP contribution in [0.5, 0.6) is 0 Å². The van der Waals surface area contributed by atoms with Crippen molar-refractivity contribution in [2.24, 2.45) is 0 Å². The Bertz CT molecular complexity index is 2840. The molecule has 0 spiro atoms. The minimum Gasteiger partial charge on any atom is -0.456 e. The molecule has 0 aliphatic heterocycles. The van der Waals surface area contributed by atoms with Crippen LogP contribution < -0.4 is 9.80 Å². The third kappa shape index (κ3) is 5.09. The van der Waals surface area contributed by atoms with Gasteiger partial charge >= 0.3 is 0 Å². The maximum absolute atomic E-state index is 6.59. The van der Waals surface area contributed by atoms with E-state index in [4.69, 9.17) is 8.83 Å². The lowest BCUT2D eigenvalue weighted by molar-refractivity contribution is 0.667. The van der Waals surface area contributed by atoms with Gasteiger partial charge in [-0.3, -0.25) is 0 Å². The number of fused-ring (bicyclic) bond motifs is 6. The first-order chi connectivity index (χ1) is 25.8. The van der Waals surface area contributed by atoms with Crippen LogP contribution in [-0.4, -0.2) is 0 Å². The van der Waals surface area contributed by atoms with E-state index in [1.807, 2.05) is 24.3 Å². The van der Waals surface area contributed by atoms with E-state index in [9.17, 15) is 0 Å². The Morgan fingerprint density at radius 2 is 0.827 bits per heavy atom. The number of furan rings is 2. The van der Waals surface area contributed by atoms with Crippen LogP contribution in [0.4, 0.5) is 34.1 Å². The fourth-order valence-corrected chi connectivity index (χ4v) is 7.40. The molecule has 0 aliphatic carbocycles. The molecule has 0 saturated carbocycles. The minimum atomic E-state index is 0.820. The second kappa shape index (κ2) is 12.4. The van der Waals surface area contributed by atoms with Crippen molar-refractivity contribution in [2.75, 3.05) is 9.80 Å². The Balaban J connectivity index is 1.09. The quantitative estimate of drug-likeness (QED) is 0.169. The van der Waals surface area contributed by atoms with Gasteiger partial charge in [-0.05, 0) is 90.0 Å². The molecule has 0 unspecified atom stereocenters. The third-order valence-corrected chi connectivity index (χ3v) is 9.84. The van der Waals surface area contributed by atoms with E-state index in [0.29, 0.717) is 0 Å². The normalized spacial score (nSPS) is 11.5. The molecule has 0 atom stereocenters. The van der Waals surface area contributed by atoms with E-state index in [2.05, 4.69) is 180 Å². The van der Waals surface area contributed by atoms with Crippen LogP contribution in [0.3, 0.4) is 0 Å². The standard InChI is InChI=1S/C48H32N2O2/c1-4-13-33(14-5-1)34-23-25-37(26-24-34)49(35-15-6-2-7-16-35)38-28-30-46-43(31-38)41-29-27-39(32-47(41)51-46)50(36-17-8-3-9-18-36)44-21-12-20-42-40-19-10-11-22-45(40)52-48(42)44/h1-32H. The summed E-state index contributed by atoms with van der Waals surface area (Å²) in [5.41, 5.74) is 12.0. The summed E-state index contributed by atoms with van der Waals surface area (Å²) < 4.78 is 13.1. The van der Waals surface area contributed by atoms with Gasteiger partial charge < -0.3 is 18.6 Å². The number of nitrogens with zero attached hydrogens (tertiary/aromatic N) is 2. The molecule has 246 valence electrons. The number of anilines is 6. The maximum atomic E-state index is 6.59. The molecule has 4 nitrogen and oxygen atoms in total. The van der Waals surface area contributed by atoms with Crippen molar-refractivity contribution in [1.29, 1.82) is 0 Å². The minimum absolute atomic E-state index is 0.820. The summed E-state index contributed by atoms with van der Waals surface area (Å²) in [7, 11) is 0. The lowest BCUT2D eigenvalue weighted by atomic mass is 10.0. The molecule has 2 heterocycles. The van der Waals surface area contributed by atoms with Gasteiger partial charge in [-0.2, -0.15) is 0 Å².